The summed E-state index contributed by atoms with van der Waals surface area (Å²) in [4.78, 5) is 27.8. The van der Waals surface area contributed by atoms with Crippen LogP contribution in [0.15, 0.2) is 66.1 Å². The molecule has 1 amide bonds. The molecule has 0 aliphatic carbocycles. The molecule has 144 valence electrons. The Hall–Kier alpha value is -3.20. The number of amides is 1. The van der Waals surface area contributed by atoms with E-state index in [0.29, 0.717) is 10.8 Å². The van der Waals surface area contributed by atoms with Crippen LogP contribution in [0.3, 0.4) is 0 Å². The number of aromatic nitrogens is 2. The SMILES string of the molecule is O=C(COC(=O)CSc1nccn1-c1cccc(F)c1)Nc1cccc(F)c1. The summed E-state index contributed by atoms with van der Waals surface area (Å²) in [5, 5.41) is 2.91. The van der Waals surface area contributed by atoms with Crippen LogP contribution < -0.4 is 5.32 Å². The van der Waals surface area contributed by atoms with Gasteiger partial charge in [-0.3, -0.25) is 14.2 Å². The van der Waals surface area contributed by atoms with Crippen LogP contribution in [0.4, 0.5) is 14.5 Å². The van der Waals surface area contributed by atoms with Gasteiger partial charge in [0.2, 0.25) is 0 Å². The molecule has 0 aliphatic heterocycles. The minimum atomic E-state index is -0.617. The van der Waals surface area contributed by atoms with E-state index in [2.05, 4.69) is 10.3 Å². The Balaban J connectivity index is 1.49. The molecule has 1 aromatic heterocycles. The highest BCUT2D eigenvalue weighted by atomic mass is 32.2. The predicted octanol–water partition coefficient (Wildman–Crippen LogP) is 3.42. The van der Waals surface area contributed by atoms with Gasteiger partial charge in [-0.1, -0.05) is 23.9 Å². The van der Waals surface area contributed by atoms with E-state index in [1.807, 2.05) is 0 Å². The molecule has 1 heterocycles. The van der Waals surface area contributed by atoms with Crippen LogP contribution in [-0.4, -0.2) is 33.8 Å². The number of hydrogen-bond donors (Lipinski definition) is 1. The molecule has 0 aliphatic rings. The summed E-state index contributed by atoms with van der Waals surface area (Å²) < 4.78 is 33.0. The highest BCUT2D eigenvalue weighted by molar-refractivity contribution is 7.99. The van der Waals surface area contributed by atoms with Gasteiger partial charge in [-0.2, -0.15) is 0 Å². The van der Waals surface area contributed by atoms with Crippen molar-refractivity contribution < 1.29 is 23.1 Å². The van der Waals surface area contributed by atoms with E-state index in [-0.39, 0.29) is 17.3 Å². The van der Waals surface area contributed by atoms with Crippen molar-refractivity contribution in [2.75, 3.05) is 17.7 Å². The lowest BCUT2D eigenvalue weighted by molar-refractivity contribution is -0.144. The second-order valence-electron chi connectivity index (χ2n) is 5.57. The molecule has 0 atom stereocenters. The number of halogens is 2. The van der Waals surface area contributed by atoms with Crippen LogP contribution in [0.5, 0.6) is 0 Å². The van der Waals surface area contributed by atoms with Gasteiger partial charge in [-0.25, -0.2) is 13.8 Å². The van der Waals surface area contributed by atoms with Crippen LogP contribution in [0.2, 0.25) is 0 Å². The number of thioether (sulfide) groups is 1. The highest BCUT2D eigenvalue weighted by Gasteiger charge is 2.12. The summed E-state index contributed by atoms with van der Waals surface area (Å²) in [5.74, 6) is -2.15. The number of benzene rings is 2. The number of anilines is 1. The molecular formula is C19H15F2N3O3S. The Morgan fingerprint density at radius 2 is 1.86 bits per heavy atom. The maximum Gasteiger partial charge on any atom is 0.316 e. The number of ether oxygens (including phenoxy) is 1. The Morgan fingerprint density at radius 1 is 1.11 bits per heavy atom. The lowest BCUT2D eigenvalue weighted by Gasteiger charge is -2.08. The van der Waals surface area contributed by atoms with Crippen molar-refractivity contribution in [2.24, 2.45) is 0 Å². The standard InChI is InChI=1S/C19H15F2N3O3S/c20-13-3-1-5-15(9-13)23-17(25)11-27-18(26)12-28-19-22-7-8-24(19)16-6-2-4-14(21)10-16/h1-10H,11-12H2,(H,23,25). The average molecular weight is 403 g/mol. The minimum absolute atomic E-state index is 0.0838. The van der Waals surface area contributed by atoms with Gasteiger partial charge in [0.25, 0.3) is 5.91 Å². The van der Waals surface area contributed by atoms with Gasteiger partial charge in [0.1, 0.15) is 11.6 Å². The number of rotatable bonds is 7. The fourth-order valence-electron chi connectivity index (χ4n) is 2.29. The number of hydrogen-bond acceptors (Lipinski definition) is 5. The first-order valence-corrected chi connectivity index (χ1v) is 9.13. The molecule has 9 heteroatoms. The topological polar surface area (TPSA) is 73.2 Å². The largest absolute Gasteiger partial charge is 0.455 e. The quantitative estimate of drug-likeness (QED) is 0.483. The van der Waals surface area contributed by atoms with Gasteiger partial charge in [-0.15, -0.1) is 0 Å². The lowest BCUT2D eigenvalue weighted by atomic mass is 10.3. The van der Waals surface area contributed by atoms with Crippen molar-refractivity contribution in [3.63, 3.8) is 0 Å². The molecule has 0 fully saturated rings. The summed E-state index contributed by atoms with van der Waals surface area (Å²) in [6.45, 7) is -0.492. The summed E-state index contributed by atoms with van der Waals surface area (Å²) in [6.07, 6.45) is 3.18. The Morgan fingerprint density at radius 3 is 2.61 bits per heavy atom. The van der Waals surface area contributed by atoms with E-state index in [4.69, 9.17) is 4.74 Å². The molecule has 2 aromatic carbocycles. The van der Waals surface area contributed by atoms with Crippen molar-refractivity contribution in [1.29, 1.82) is 0 Å². The highest BCUT2D eigenvalue weighted by Crippen LogP contribution is 2.21. The monoisotopic (exact) mass is 403 g/mol. The first kappa shape index (κ1) is 19.6. The number of imidazole rings is 1. The number of esters is 1. The van der Waals surface area contributed by atoms with Crippen molar-refractivity contribution in [3.05, 3.63) is 72.6 Å². The van der Waals surface area contributed by atoms with Crippen molar-refractivity contribution in [3.8, 4) is 5.69 Å². The fraction of sp³-hybridized carbons (Fsp3) is 0.105. The van der Waals surface area contributed by atoms with Gasteiger partial charge in [0.15, 0.2) is 11.8 Å². The Kier molecular flexibility index (Phi) is 6.38. The van der Waals surface area contributed by atoms with Gasteiger partial charge >= 0.3 is 5.97 Å². The van der Waals surface area contributed by atoms with Gasteiger partial charge < -0.3 is 10.1 Å². The van der Waals surface area contributed by atoms with E-state index in [0.717, 1.165) is 17.8 Å². The van der Waals surface area contributed by atoms with E-state index in [1.54, 1.807) is 22.9 Å². The Labute approximate surface area is 163 Å². The van der Waals surface area contributed by atoms with Crippen molar-refractivity contribution in [2.45, 2.75) is 5.16 Å². The first-order chi connectivity index (χ1) is 13.5. The average Bonchev–Trinajstić information content (AvgIpc) is 3.13. The molecule has 3 aromatic rings. The van der Waals surface area contributed by atoms with Crippen LogP contribution in [0.1, 0.15) is 0 Å². The normalized spacial score (nSPS) is 10.5. The molecule has 0 saturated carbocycles. The summed E-state index contributed by atoms with van der Waals surface area (Å²) >= 11 is 1.09. The molecule has 1 N–H and O–H groups in total. The van der Waals surface area contributed by atoms with Crippen LogP contribution in [0.25, 0.3) is 5.69 Å². The zero-order chi connectivity index (χ0) is 19.9. The molecule has 0 saturated heterocycles. The van der Waals surface area contributed by atoms with Crippen molar-refractivity contribution in [1.82, 2.24) is 9.55 Å². The second-order valence-corrected chi connectivity index (χ2v) is 6.51. The van der Waals surface area contributed by atoms with Crippen LogP contribution in [0, 0.1) is 11.6 Å². The fourth-order valence-corrected chi connectivity index (χ4v) is 3.06. The molecule has 6 nitrogen and oxygen atoms in total. The summed E-state index contributed by atoms with van der Waals surface area (Å²) in [7, 11) is 0. The third-order valence-corrected chi connectivity index (χ3v) is 4.43. The smallest absolute Gasteiger partial charge is 0.316 e. The molecule has 0 spiro atoms. The molecule has 0 radical (unpaired) electrons. The van der Waals surface area contributed by atoms with Crippen LogP contribution in [-0.2, 0) is 14.3 Å². The summed E-state index contributed by atoms with van der Waals surface area (Å²) in [5.41, 5.74) is 0.843. The molecule has 0 unspecified atom stereocenters. The molecule has 28 heavy (non-hydrogen) atoms. The van der Waals surface area contributed by atoms with Crippen LogP contribution >= 0.6 is 11.8 Å². The van der Waals surface area contributed by atoms with Crippen molar-refractivity contribution >= 4 is 29.3 Å². The maximum atomic E-state index is 13.4. The van der Waals surface area contributed by atoms with E-state index < -0.39 is 24.3 Å². The third kappa shape index (κ3) is 5.40. The van der Waals surface area contributed by atoms with Gasteiger partial charge in [0, 0.05) is 18.1 Å². The molecule has 0 bridgehead atoms. The molecule has 3 rings (SSSR count). The number of nitrogens with one attached hydrogen (secondary N) is 1. The number of carbonyl (C=O) groups is 2. The minimum Gasteiger partial charge on any atom is -0.455 e. The first-order valence-electron chi connectivity index (χ1n) is 8.14. The zero-order valence-corrected chi connectivity index (χ0v) is 15.3. The van der Waals surface area contributed by atoms with E-state index in [9.17, 15) is 18.4 Å². The predicted molar refractivity (Wildman–Crippen MR) is 100 cm³/mol. The van der Waals surface area contributed by atoms with E-state index >= 15 is 0 Å². The zero-order valence-electron chi connectivity index (χ0n) is 14.5. The second kappa shape index (κ2) is 9.14. The molecular weight excluding hydrogens is 388 g/mol. The van der Waals surface area contributed by atoms with Gasteiger partial charge in [-0.05, 0) is 36.4 Å². The summed E-state index contributed by atoms with van der Waals surface area (Å²) in [6, 6.07) is 11.3. The number of nitrogens with zero attached hydrogens (tertiary/aromatic N) is 2. The number of carbonyl (C=O) groups excluding carboxylic acids is 2. The Bertz CT molecular complexity index is 994. The third-order valence-electron chi connectivity index (χ3n) is 3.48. The van der Waals surface area contributed by atoms with E-state index in [1.165, 1.54) is 36.5 Å². The maximum absolute atomic E-state index is 13.4. The van der Waals surface area contributed by atoms with Gasteiger partial charge in [0.05, 0.1) is 11.4 Å². The lowest BCUT2D eigenvalue weighted by Crippen LogP contribution is -2.21.